The quantitative estimate of drug-likeness (QED) is 0.572. The van der Waals surface area contributed by atoms with Crippen LogP contribution in [0.15, 0.2) is 66.7 Å². The smallest absolute Gasteiger partial charge is 0.258 e. The number of carbonyl (C=O) groups excluding carboxylic acids is 2. The van der Waals surface area contributed by atoms with Gasteiger partial charge in [0.05, 0.1) is 6.04 Å². The van der Waals surface area contributed by atoms with E-state index in [-0.39, 0.29) is 17.9 Å². The van der Waals surface area contributed by atoms with Crippen molar-refractivity contribution in [1.29, 1.82) is 0 Å². The summed E-state index contributed by atoms with van der Waals surface area (Å²) in [6, 6.07) is 20.6. The highest BCUT2D eigenvalue weighted by molar-refractivity contribution is 6.30. The zero-order valence-electron chi connectivity index (χ0n) is 17.7. The van der Waals surface area contributed by atoms with Crippen molar-refractivity contribution in [3.05, 3.63) is 99.6 Å². The van der Waals surface area contributed by atoms with Crippen LogP contribution in [0.2, 0.25) is 5.02 Å². The van der Waals surface area contributed by atoms with Gasteiger partial charge in [-0.1, -0.05) is 41.4 Å². The molecule has 0 radical (unpaired) electrons. The molecule has 158 valence electrons. The monoisotopic (exact) mass is 432 g/mol. The summed E-state index contributed by atoms with van der Waals surface area (Å²) in [5, 5.41) is 3.71. The van der Waals surface area contributed by atoms with Gasteiger partial charge >= 0.3 is 0 Å². The molecule has 4 rings (SSSR count). The highest BCUT2D eigenvalue weighted by Crippen LogP contribution is 2.30. The van der Waals surface area contributed by atoms with Crippen LogP contribution in [0.1, 0.15) is 56.8 Å². The highest BCUT2D eigenvalue weighted by Gasteiger charge is 2.25. The molecule has 0 aromatic heterocycles. The maximum atomic E-state index is 13.1. The van der Waals surface area contributed by atoms with Crippen LogP contribution in [0.4, 0.5) is 5.69 Å². The molecule has 1 heterocycles. The third-order valence-electron chi connectivity index (χ3n) is 5.69. The van der Waals surface area contributed by atoms with E-state index < -0.39 is 0 Å². The van der Waals surface area contributed by atoms with Gasteiger partial charge in [-0.2, -0.15) is 0 Å². The van der Waals surface area contributed by atoms with E-state index >= 15 is 0 Å². The predicted molar refractivity (Wildman–Crippen MR) is 125 cm³/mol. The fourth-order valence-electron chi connectivity index (χ4n) is 4.00. The number of amides is 2. The van der Waals surface area contributed by atoms with E-state index in [1.54, 1.807) is 6.07 Å². The number of fused-ring (bicyclic) bond motifs is 1. The molecule has 4 nitrogen and oxygen atoms in total. The van der Waals surface area contributed by atoms with Gasteiger partial charge in [-0.15, -0.1) is 0 Å². The predicted octanol–water partition coefficient (Wildman–Crippen LogP) is 5.73. The SMILES string of the molecule is Cc1cccc(C(=O)N2CCCc3cc(C(=O)N[C@H](C)c4ccc(Cl)cc4)ccc32)c1. The maximum Gasteiger partial charge on any atom is 0.258 e. The summed E-state index contributed by atoms with van der Waals surface area (Å²) in [4.78, 5) is 27.8. The van der Waals surface area contributed by atoms with Gasteiger partial charge in [0.1, 0.15) is 0 Å². The lowest BCUT2D eigenvalue weighted by Gasteiger charge is -2.30. The van der Waals surface area contributed by atoms with Gasteiger partial charge in [0, 0.05) is 28.4 Å². The van der Waals surface area contributed by atoms with Crippen molar-refractivity contribution in [2.24, 2.45) is 0 Å². The standard InChI is InChI=1S/C26H25ClN2O2/c1-17-5-3-6-22(15-17)26(31)29-14-4-7-20-16-21(10-13-24(20)29)25(30)28-18(2)19-8-11-23(27)12-9-19/h3,5-6,8-13,15-16,18H,4,7,14H2,1-2H3,(H,28,30)/t18-/m1/s1. The summed E-state index contributed by atoms with van der Waals surface area (Å²) in [5.41, 5.74) is 5.26. The lowest BCUT2D eigenvalue weighted by Crippen LogP contribution is -2.35. The molecule has 5 heteroatoms. The Morgan fingerprint density at radius 3 is 2.52 bits per heavy atom. The summed E-state index contributed by atoms with van der Waals surface area (Å²) in [5.74, 6) is -0.134. The summed E-state index contributed by atoms with van der Waals surface area (Å²) in [7, 11) is 0. The van der Waals surface area contributed by atoms with E-state index in [4.69, 9.17) is 11.6 Å². The van der Waals surface area contributed by atoms with E-state index in [0.717, 1.165) is 35.2 Å². The molecule has 0 aliphatic carbocycles. The number of hydrogen-bond acceptors (Lipinski definition) is 2. The van der Waals surface area contributed by atoms with Crippen LogP contribution >= 0.6 is 11.6 Å². The second-order valence-electron chi connectivity index (χ2n) is 8.02. The fourth-order valence-corrected chi connectivity index (χ4v) is 4.12. The zero-order chi connectivity index (χ0) is 22.0. The number of benzene rings is 3. The summed E-state index contributed by atoms with van der Waals surface area (Å²) in [6.45, 7) is 4.61. The number of hydrogen-bond donors (Lipinski definition) is 1. The molecular weight excluding hydrogens is 408 g/mol. The number of nitrogens with zero attached hydrogens (tertiary/aromatic N) is 1. The van der Waals surface area contributed by atoms with Crippen LogP contribution in [-0.4, -0.2) is 18.4 Å². The van der Waals surface area contributed by atoms with Crippen molar-refractivity contribution in [2.75, 3.05) is 11.4 Å². The number of aryl methyl sites for hydroxylation is 2. The lowest BCUT2D eigenvalue weighted by atomic mass is 9.97. The Kier molecular flexibility index (Phi) is 6.10. The largest absolute Gasteiger partial charge is 0.346 e. The van der Waals surface area contributed by atoms with E-state index in [0.29, 0.717) is 22.7 Å². The molecule has 2 amide bonds. The molecule has 0 saturated carbocycles. The molecule has 1 atom stereocenters. The average molecular weight is 433 g/mol. The third kappa shape index (κ3) is 4.64. The minimum atomic E-state index is -0.139. The Balaban J connectivity index is 1.53. The molecule has 0 unspecified atom stereocenters. The minimum Gasteiger partial charge on any atom is -0.346 e. The number of anilines is 1. The van der Waals surface area contributed by atoms with Gasteiger partial charge in [0.2, 0.25) is 0 Å². The van der Waals surface area contributed by atoms with E-state index in [2.05, 4.69) is 5.32 Å². The van der Waals surface area contributed by atoms with Gasteiger partial charge in [-0.05, 0) is 80.3 Å². The molecule has 31 heavy (non-hydrogen) atoms. The fraction of sp³-hybridized carbons (Fsp3) is 0.231. The molecule has 0 spiro atoms. The first-order chi connectivity index (χ1) is 14.9. The minimum absolute atomic E-state index is 0.00166. The summed E-state index contributed by atoms with van der Waals surface area (Å²) < 4.78 is 0. The number of nitrogens with one attached hydrogen (secondary N) is 1. The number of carbonyl (C=O) groups is 2. The van der Waals surface area contributed by atoms with Gasteiger partial charge in [0.15, 0.2) is 0 Å². The van der Waals surface area contributed by atoms with Gasteiger partial charge in [-0.3, -0.25) is 9.59 Å². The normalized spacial score (nSPS) is 14.0. The molecule has 0 fully saturated rings. The first kappa shape index (κ1) is 21.1. The molecule has 0 bridgehead atoms. The Hall–Kier alpha value is -3.11. The van der Waals surface area contributed by atoms with Crippen molar-refractivity contribution in [3.8, 4) is 0 Å². The summed E-state index contributed by atoms with van der Waals surface area (Å²) >= 11 is 5.95. The van der Waals surface area contributed by atoms with Crippen molar-refractivity contribution in [1.82, 2.24) is 5.32 Å². The van der Waals surface area contributed by atoms with Crippen molar-refractivity contribution in [2.45, 2.75) is 32.7 Å². The molecule has 1 aliphatic heterocycles. The van der Waals surface area contributed by atoms with E-state index in [1.807, 2.05) is 79.4 Å². The Labute approximate surface area is 187 Å². The van der Waals surface area contributed by atoms with E-state index in [1.165, 1.54) is 0 Å². The van der Waals surface area contributed by atoms with Crippen LogP contribution in [0.25, 0.3) is 0 Å². The molecular formula is C26H25ClN2O2. The van der Waals surface area contributed by atoms with Crippen molar-refractivity contribution in [3.63, 3.8) is 0 Å². The Bertz CT molecular complexity index is 1120. The molecule has 1 aliphatic rings. The molecule has 0 saturated heterocycles. The number of rotatable bonds is 4. The van der Waals surface area contributed by atoms with E-state index in [9.17, 15) is 9.59 Å². The van der Waals surface area contributed by atoms with Crippen LogP contribution in [0.3, 0.4) is 0 Å². The Morgan fingerprint density at radius 1 is 1.00 bits per heavy atom. The van der Waals surface area contributed by atoms with Crippen LogP contribution < -0.4 is 10.2 Å². The van der Waals surface area contributed by atoms with Crippen molar-refractivity contribution >= 4 is 29.1 Å². The maximum absolute atomic E-state index is 13.1. The first-order valence-corrected chi connectivity index (χ1v) is 10.9. The molecule has 1 N–H and O–H groups in total. The number of halogens is 1. The topological polar surface area (TPSA) is 49.4 Å². The highest BCUT2D eigenvalue weighted by atomic mass is 35.5. The third-order valence-corrected chi connectivity index (χ3v) is 5.94. The molecule has 3 aromatic carbocycles. The van der Waals surface area contributed by atoms with Crippen LogP contribution in [0, 0.1) is 6.92 Å². The Morgan fingerprint density at radius 2 is 1.77 bits per heavy atom. The van der Waals surface area contributed by atoms with Gasteiger partial charge < -0.3 is 10.2 Å². The van der Waals surface area contributed by atoms with Gasteiger partial charge in [0.25, 0.3) is 11.8 Å². The van der Waals surface area contributed by atoms with Crippen molar-refractivity contribution < 1.29 is 9.59 Å². The lowest BCUT2D eigenvalue weighted by molar-refractivity contribution is 0.0939. The second-order valence-corrected chi connectivity index (χ2v) is 8.46. The van der Waals surface area contributed by atoms with Gasteiger partial charge in [-0.25, -0.2) is 0 Å². The first-order valence-electron chi connectivity index (χ1n) is 10.5. The molecule has 3 aromatic rings. The average Bonchev–Trinajstić information content (AvgIpc) is 2.78. The van der Waals surface area contributed by atoms with Crippen LogP contribution in [0.5, 0.6) is 0 Å². The zero-order valence-corrected chi connectivity index (χ0v) is 18.4. The van der Waals surface area contributed by atoms with Crippen LogP contribution in [-0.2, 0) is 6.42 Å². The summed E-state index contributed by atoms with van der Waals surface area (Å²) in [6.07, 6.45) is 1.72. The second kappa shape index (κ2) is 8.94.